The first-order valence-corrected chi connectivity index (χ1v) is 5.82. The van der Waals surface area contributed by atoms with Gasteiger partial charge in [-0.2, -0.15) is 0 Å². The van der Waals surface area contributed by atoms with Crippen molar-refractivity contribution in [3.05, 3.63) is 39.9 Å². The van der Waals surface area contributed by atoms with Crippen molar-refractivity contribution in [3.63, 3.8) is 0 Å². The molecule has 2 aromatic rings. The second kappa shape index (κ2) is 4.49. The summed E-state index contributed by atoms with van der Waals surface area (Å²) in [5, 5.41) is 8.51. The van der Waals surface area contributed by atoms with Gasteiger partial charge in [-0.15, -0.1) is 11.3 Å². The first-order valence-electron chi connectivity index (χ1n) is 4.94. The summed E-state index contributed by atoms with van der Waals surface area (Å²) in [6.45, 7) is 3.70. The number of hydrogen-bond donors (Lipinski definition) is 1. The molecule has 0 spiro atoms. The van der Waals surface area contributed by atoms with E-state index >= 15 is 0 Å². The van der Waals surface area contributed by atoms with Gasteiger partial charge in [0.05, 0.1) is 6.04 Å². The minimum absolute atomic E-state index is 0.00972. The molecule has 0 fully saturated rings. The number of aryl methyl sites for hydroxylation is 1. The van der Waals surface area contributed by atoms with Crippen molar-refractivity contribution in [3.8, 4) is 0 Å². The lowest BCUT2D eigenvalue weighted by Crippen LogP contribution is -2.26. The number of aromatic nitrogens is 1. The predicted molar refractivity (Wildman–Crippen MR) is 61.4 cm³/mol. The van der Waals surface area contributed by atoms with Gasteiger partial charge in [-0.1, -0.05) is 11.2 Å². The van der Waals surface area contributed by atoms with E-state index in [0.717, 1.165) is 4.88 Å². The standard InChI is InChI=1S/C11H12N2O2S/c1-7-6-9(13-15-7)11(14)12-8(2)10-4-3-5-16-10/h3-6,8H,1-2H3,(H,12,14). The van der Waals surface area contributed by atoms with E-state index in [0.29, 0.717) is 11.5 Å². The summed E-state index contributed by atoms with van der Waals surface area (Å²) in [5.41, 5.74) is 0.320. The van der Waals surface area contributed by atoms with Crippen molar-refractivity contribution in [2.75, 3.05) is 0 Å². The second-order valence-electron chi connectivity index (χ2n) is 3.53. The first-order chi connectivity index (χ1) is 7.66. The predicted octanol–water partition coefficient (Wildman–Crippen LogP) is 2.54. The summed E-state index contributed by atoms with van der Waals surface area (Å²) in [6, 6.07) is 5.56. The molecule has 84 valence electrons. The molecule has 0 bridgehead atoms. The van der Waals surface area contributed by atoms with Crippen LogP contribution < -0.4 is 5.32 Å². The quantitative estimate of drug-likeness (QED) is 0.891. The maximum Gasteiger partial charge on any atom is 0.273 e. The van der Waals surface area contributed by atoms with Crippen LogP contribution in [0.5, 0.6) is 0 Å². The van der Waals surface area contributed by atoms with Gasteiger partial charge in [0.1, 0.15) is 5.76 Å². The van der Waals surface area contributed by atoms with Crippen LogP contribution in [0.3, 0.4) is 0 Å². The fraction of sp³-hybridized carbons (Fsp3) is 0.273. The number of nitrogens with one attached hydrogen (secondary N) is 1. The highest BCUT2D eigenvalue weighted by atomic mass is 32.1. The molecule has 1 N–H and O–H groups in total. The number of thiophene rings is 1. The second-order valence-corrected chi connectivity index (χ2v) is 4.51. The zero-order valence-corrected chi connectivity index (χ0v) is 9.88. The van der Waals surface area contributed by atoms with Gasteiger partial charge in [-0.3, -0.25) is 4.79 Å². The van der Waals surface area contributed by atoms with E-state index in [-0.39, 0.29) is 11.9 Å². The Labute approximate surface area is 97.3 Å². The molecule has 1 amide bonds. The zero-order valence-electron chi connectivity index (χ0n) is 9.06. The normalized spacial score (nSPS) is 12.4. The summed E-state index contributed by atoms with van der Waals surface area (Å²) in [5.74, 6) is 0.423. The Morgan fingerprint density at radius 2 is 2.44 bits per heavy atom. The number of hydrogen-bond acceptors (Lipinski definition) is 4. The third kappa shape index (κ3) is 2.30. The SMILES string of the molecule is Cc1cc(C(=O)NC(C)c2cccs2)no1. The Hall–Kier alpha value is -1.62. The minimum Gasteiger partial charge on any atom is -0.361 e. The van der Waals surface area contributed by atoms with Gasteiger partial charge >= 0.3 is 0 Å². The molecule has 0 aromatic carbocycles. The Bertz CT molecular complexity index is 476. The van der Waals surface area contributed by atoms with E-state index in [1.807, 2.05) is 24.4 Å². The van der Waals surface area contributed by atoms with E-state index in [9.17, 15) is 4.79 Å². The lowest BCUT2D eigenvalue weighted by Gasteiger charge is -2.10. The van der Waals surface area contributed by atoms with E-state index in [1.54, 1.807) is 24.3 Å². The van der Waals surface area contributed by atoms with Gasteiger partial charge in [0.2, 0.25) is 0 Å². The highest BCUT2D eigenvalue weighted by Crippen LogP contribution is 2.18. The summed E-state index contributed by atoms with van der Waals surface area (Å²) < 4.78 is 4.85. The summed E-state index contributed by atoms with van der Waals surface area (Å²) in [6.07, 6.45) is 0. The molecule has 1 atom stereocenters. The maximum atomic E-state index is 11.7. The lowest BCUT2D eigenvalue weighted by atomic mass is 10.2. The van der Waals surface area contributed by atoms with Crippen molar-refractivity contribution in [1.29, 1.82) is 0 Å². The van der Waals surface area contributed by atoms with E-state index in [2.05, 4.69) is 10.5 Å². The largest absolute Gasteiger partial charge is 0.361 e. The Morgan fingerprint density at radius 3 is 3.00 bits per heavy atom. The summed E-state index contributed by atoms with van der Waals surface area (Å²) in [4.78, 5) is 12.9. The molecular formula is C11H12N2O2S. The van der Waals surface area contributed by atoms with Gasteiger partial charge in [0, 0.05) is 10.9 Å². The van der Waals surface area contributed by atoms with Crippen molar-refractivity contribution >= 4 is 17.2 Å². The Balaban J connectivity index is 2.03. The first kappa shape index (κ1) is 10.9. The molecule has 2 rings (SSSR count). The van der Waals surface area contributed by atoms with Gasteiger partial charge in [-0.25, -0.2) is 0 Å². The number of nitrogens with zero attached hydrogens (tertiary/aromatic N) is 1. The van der Waals surface area contributed by atoms with Crippen molar-refractivity contribution in [1.82, 2.24) is 10.5 Å². The van der Waals surface area contributed by atoms with E-state index in [1.165, 1.54) is 0 Å². The molecule has 2 heterocycles. The van der Waals surface area contributed by atoms with Crippen LogP contribution in [-0.4, -0.2) is 11.1 Å². The highest BCUT2D eigenvalue weighted by Gasteiger charge is 2.14. The molecule has 0 aliphatic rings. The molecule has 5 heteroatoms. The molecule has 0 saturated heterocycles. The van der Waals surface area contributed by atoms with Crippen LogP contribution in [0.4, 0.5) is 0 Å². The molecule has 0 aliphatic heterocycles. The topological polar surface area (TPSA) is 55.1 Å². The number of rotatable bonds is 3. The van der Waals surface area contributed by atoms with Crippen molar-refractivity contribution in [2.45, 2.75) is 19.9 Å². The third-order valence-electron chi connectivity index (χ3n) is 2.18. The van der Waals surface area contributed by atoms with Crippen LogP contribution >= 0.6 is 11.3 Å². The van der Waals surface area contributed by atoms with Crippen molar-refractivity contribution < 1.29 is 9.32 Å². The number of carbonyl (C=O) groups excluding carboxylic acids is 1. The molecule has 2 aromatic heterocycles. The minimum atomic E-state index is -0.210. The van der Waals surface area contributed by atoms with E-state index in [4.69, 9.17) is 4.52 Å². The molecule has 16 heavy (non-hydrogen) atoms. The average Bonchev–Trinajstić information content (AvgIpc) is 2.87. The van der Waals surface area contributed by atoms with Crippen LogP contribution in [0.25, 0.3) is 0 Å². The molecular weight excluding hydrogens is 224 g/mol. The maximum absolute atomic E-state index is 11.7. The van der Waals surface area contributed by atoms with E-state index < -0.39 is 0 Å². The van der Waals surface area contributed by atoms with Crippen LogP contribution in [0.1, 0.15) is 34.1 Å². The van der Waals surface area contributed by atoms with Crippen LogP contribution in [0.15, 0.2) is 28.1 Å². The molecule has 1 unspecified atom stereocenters. The van der Waals surface area contributed by atoms with Gasteiger partial charge in [0.25, 0.3) is 5.91 Å². The van der Waals surface area contributed by atoms with Crippen molar-refractivity contribution in [2.24, 2.45) is 0 Å². The molecule has 0 radical (unpaired) electrons. The van der Waals surface area contributed by atoms with Crippen LogP contribution in [0.2, 0.25) is 0 Å². The highest BCUT2D eigenvalue weighted by molar-refractivity contribution is 7.10. The average molecular weight is 236 g/mol. The molecule has 0 aliphatic carbocycles. The molecule has 0 saturated carbocycles. The van der Waals surface area contributed by atoms with Gasteiger partial charge in [-0.05, 0) is 25.3 Å². The fourth-order valence-electron chi connectivity index (χ4n) is 1.35. The molecule has 4 nitrogen and oxygen atoms in total. The third-order valence-corrected chi connectivity index (χ3v) is 3.23. The summed E-state index contributed by atoms with van der Waals surface area (Å²) >= 11 is 1.61. The number of carbonyl (C=O) groups is 1. The monoisotopic (exact) mass is 236 g/mol. The van der Waals surface area contributed by atoms with Gasteiger partial charge < -0.3 is 9.84 Å². The Kier molecular flexibility index (Phi) is 3.05. The van der Waals surface area contributed by atoms with Crippen LogP contribution in [0, 0.1) is 6.92 Å². The smallest absolute Gasteiger partial charge is 0.273 e. The fourth-order valence-corrected chi connectivity index (χ4v) is 2.09. The van der Waals surface area contributed by atoms with Gasteiger partial charge in [0.15, 0.2) is 5.69 Å². The van der Waals surface area contributed by atoms with Crippen LogP contribution in [-0.2, 0) is 0 Å². The number of amides is 1. The lowest BCUT2D eigenvalue weighted by molar-refractivity contribution is 0.0931. The summed E-state index contributed by atoms with van der Waals surface area (Å²) in [7, 11) is 0. The Morgan fingerprint density at radius 1 is 1.62 bits per heavy atom. The zero-order chi connectivity index (χ0) is 11.5.